The summed E-state index contributed by atoms with van der Waals surface area (Å²) in [5.41, 5.74) is 4.50. The molecule has 3 rings (SSSR count). The molecule has 1 unspecified atom stereocenters. The molecule has 1 heteroatoms. The van der Waals surface area contributed by atoms with Crippen LogP contribution in [0.15, 0.2) is 18.2 Å². The number of hydrogen-bond donors (Lipinski definition) is 0. The molecule has 0 heterocycles. The van der Waals surface area contributed by atoms with Crippen LogP contribution in [0.1, 0.15) is 79.9 Å². The second kappa shape index (κ2) is 6.98. The molecule has 20 heavy (non-hydrogen) atoms. The fourth-order valence-corrected chi connectivity index (χ4v) is 4.23. The van der Waals surface area contributed by atoms with Crippen molar-refractivity contribution >= 4 is 11.6 Å². The van der Waals surface area contributed by atoms with Gasteiger partial charge >= 0.3 is 0 Å². The third kappa shape index (κ3) is 3.58. The summed E-state index contributed by atoms with van der Waals surface area (Å²) in [6.45, 7) is 0. The minimum absolute atomic E-state index is 0.226. The summed E-state index contributed by atoms with van der Waals surface area (Å²) in [6, 6.07) is 7.01. The Morgan fingerprint density at radius 2 is 1.70 bits per heavy atom. The molecule has 1 saturated carbocycles. The number of halogens is 1. The second-order valence-corrected chi connectivity index (χ2v) is 7.31. The quantitative estimate of drug-likeness (QED) is 0.579. The third-order valence-corrected chi connectivity index (χ3v) is 5.76. The van der Waals surface area contributed by atoms with E-state index in [9.17, 15) is 0 Å². The Balaban J connectivity index is 1.57. The van der Waals surface area contributed by atoms with Crippen molar-refractivity contribution in [1.29, 1.82) is 0 Å². The van der Waals surface area contributed by atoms with Gasteiger partial charge in [0.1, 0.15) is 0 Å². The second-order valence-electron chi connectivity index (χ2n) is 6.78. The van der Waals surface area contributed by atoms with Crippen molar-refractivity contribution in [2.45, 2.75) is 76.0 Å². The number of hydrogen-bond acceptors (Lipinski definition) is 0. The molecule has 1 aromatic carbocycles. The van der Waals surface area contributed by atoms with Gasteiger partial charge in [-0.05, 0) is 61.1 Å². The van der Waals surface area contributed by atoms with Gasteiger partial charge in [-0.25, -0.2) is 0 Å². The number of fused-ring (bicyclic) bond motifs is 1. The van der Waals surface area contributed by atoms with Gasteiger partial charge in [-0.2, -0.15) is 0 Å². The standard InChI is InChI=1S/C19H27Cl/c20-19(13-10-15-6-2-1-3-7-15)18-12-11-16-8-4-5-9-17(16)14-18/h11-12,14-15,19H,1-10,13H2. The van der Waals surface area contributed by atoms with Gasteiger partial charge in [-0.3, -0.25) is 0 Å². The van der Waals surface area contributed by atoms with Gasteiger partial charge in [-0.15, -0.1) is 11.6 Å². The van der Waals surface area contributed by atoms with E-state index in [2.05, 4.69) is 18.2 Å². The summed E-state index contributed by atoms with van der Waals surface area (Å²) < 4.78 is 0. The fraction of sp³-hybridized carbons (Fsp3) is 0.684. The minimum Gasteiger partial charge on any atom is -0.118 e. The van der Waals surface area contributed by atoms with Crippen LogP contribution in [0.25, 0.3) is 0 Å². The maximum atomic E-state index is 6.67. The van der Waals surface area contributed by atoms with Crippen LogP contribution in [0.5, 0.6) is 0 Å². The number of alkyl halides is 1. The molecule has 0 saturated heterocycles. The van der Waals surface area contributed by atoms with E-state index in [0.717, 1.165) is 12.3 Å². The van der Waals surface area contributed by atoms with Crippen LogP contribution < -0.4 is 0 Å². The molecule has 0 bridgehead atoms. The van der Waals surface area contributed by atoms with E-state index in [-0.39, 0.29) is 5.38 Å². The van der Waals surface area contributed by atoms with Crippen molar-refractivity contribution < 1.29 is 0 Å². The van der Waals surface area contributed by atoms with E-state index >= 15 is 0 Å². The van der Waals surface area contributed by atoms with Gasteiger partial charge in [0, 0.05) is 0 Å². The van der Waals surface area contributed by atoms with E-state index in [1.54, 1.807) is 11.1 Å². The Labute approximate surface area is 128 Å². The average Bonchev–Trinajstić information content (AvgIpc) is 2.53. The SMILES string of the molecule is ClC(CCC1CCCCC1)c1ccc2c(c1)CCCC2. The van der Waals surface area contributed by atoms with Crippen LogP contribution in [0.3, 0.4) is 0 Å². The van der Waals surface area contributed by atoms with Gasteiger partial charge < -0.3 is 0 Å². The van der Waals surface area contributed by atoms with Crippen molar-refractivity contribution in [2.75, 3.05) is 0 Å². The molecular formula is C19H27Cl. The lowest BCUT2D eigenvalue weighted by Gasteiger charge is -2.23. The molecule has 1 aromatic rings. The van der Waals surface area contributed by atoms with E-state index < -0.39 is 0 Å². The molecule has 0 aliphatic heterocycles. The summed E-state index contributed by atoms with van der Waals surface area (Å²) in [5, 5.41) is 0.226. The fourth-order valence-electron chi connectivity index (χ4n) is 3.97. The number of benzene rings is 1. The van der Waals surface area contributed by atoms with Crippen LogP contribution in [0.4, 0.5) is 0 Å². The molecular weight excluding hydrogens is 264 g/mol. The maximum Gasteiger partial charge on any atom is 0.0585 e. The highest BCUT2D eigenvalue weighted by Gasteiger charge is 2.17. The minimum atomic E-state index is 0.226. The molecule has 110 valence electrons. The Morgan fingerprint density at radius 3 is 2.50 bits per heavy atom. The molecule has 1 fully saturated rings. The van der Waals surface area contributed by atoms with Crippen LogP contribution in [-0.2, 0) is 12.8 Å². The van der Waals surface area contributed by atoms with E-state index in [0.29, 0.717) is 0 Å². The topological polar surface area (TPSA) is 0 Å². The highest BCUT2D eigenvalue weighted by molar-refractivity contribution is 6.20. The van der Waals surface area contributed by atoms with Crippen molar-refractivity contribution in [3.8, 4) is 0 Å². The first-order valence-electron chi connectivity index (χ1n) is 8.59. The summed E-state index contributed by atoms with van der Waals surface area (Å²) in [7, 11) is 0. The largest absolute Gasteiger partial charge is 0.118 e. The summed E-state index contributed by atoms with van der Waals surface area (Å²) in [6.07, 6.45) is 14.9. The smallest absolute Gasteiger partial charge is 0.0585 e. The van der Waals surface area contributed by atoms with Gasteiger partial charge in [0.15, 0.2) is 0 Å². The lowest BCUT2D eigenvalue weighted by Crippen LogP contribution is -2.08. The predicted octanol–water partition coefficient (Wildman–Crippen LogP) is 6.21. The first-order chi connectivity index (χ1) is 9.83. The normalized spacial score (nSPS) is 21.4. The lowest BCUT2D eigenvalue weighted by atomic mass is 9.85. The Kier molecular flexibility index (Phi) is 5.04. The van der Waals surface area contributed by atoms with Crippen molar-refractivity contribution in [1.82, 2.24) is 0 Å². The highest BCUT2D eigenvalue weighted by atomic mass is 35.5. The summed E-state index contributed by atoms with van der Waals surface area (Å²) in [4.78, 5) is 0. The van der Waals surface area contributed by atoms with Gasteiger partial charge in [0.2, 0.25) is 0 Å². The summed E-state index contributed by atoms with van der Waals surface area (Å²) >= 11 is 6.67. The molecule has 0 aromatic heterocycles. The van der Waals surface area contributed by atoms with Crippen molar-refractivity contribution in [3.05, 3.63) is 34.9 Å². The molecule has 0 spiro atoms. The molecule has 2 aliphatic carbocycles. The van der Waals surface area contributed by atoms with Crippen molar-refractivity contribution in [3.63, 3.8) is 0 Å². The van der Waals surface area contributed by atoms with Gasteiger partial charge in [0.25, 0.3) is 0 Å². The zero-order chi connectivity index (χ0) is 13.8. The van der Waals surface area contributed by atoms with E-state index in [1.165, 1.54) is 69.8 Å². The third-order valence-electron chi connectivity index (χ3n) is 5.29. The van der Waals surface area contributed by atoms with E-state index in [4.69, 9.17) is 11.6 Å². The molecule has 0 radical (unpaired) electrons. The molecule has 0 N–H and O–H groups in total. The van der Waals surface area contributed by atoms with Crippen LogP contribution in [0.2, 0.25) is 0 Å². The van der Waals surface area contributed by atoms with Gasteiger partial charge in [-0.1, -0.05) is 50.3 Å². The van der Waals surface area contributed by atoms with Crippen molar-refractivity contribution in [2.24, 2.45) is 5.92 Å². The number of rotatable bonds is 4. The Hall–Kier alpha value is -0.490. The Bertz CT molecular complexity index is 431. The van der Waals surface area contributed by atoms with E-state index in [1.807, 2.05) is 0 Å². The monoisotopic (exact) mass is 290 g/mol. The predicted molar refractivity (Wildman–Crippen MR) is 87.5 cm³/mol. The zero-order valence-electron chi connectivity index (χ0n) is 12.5. The number of aryl methyl sites for hydroxylation is 2. The van der Waals surface area contributed by atoms with Gasteiger partial charge in [0.05, 0.1) is 5.38 Å². The molecule has 1 atom stereocenters. The van der Waals surface area contributed by atoms with Crippen LogP contribution >= 0.6 is 11.6 Å². The first-order valence-corrected chi connectivity index (χ1v) is 9.02. The first kappa shape index (κ1) is 14.4. The zero-order valence-corrected chi connectivity index (χ0v) is 13.3. The lowest BCUT2D eigenvalue weighted by molar-refractivity contribution is 0.331. The summed E-state index contributed by atoms with van der Waals surface area (Å²) in [5.74, 6) is 0.947. The average molecular weight is 291 g/mol. The van der Waals surface area contributed by atoms with Crippen LogP contribution in [0, 0.1) is 5.92 Å². The van der Waals surface area contributed by atoms with Crippen LogP contribution in [-0.4, -0.2) is 0 Å². The molecule has 0 amide bonds. The maximum absolute atomic E-state index is 6.67. The molecule has 2 aliphatic rings. The Morgan fingerprint density at radius 1 is 0.950 bits per heavy atom. The highest BCUT2D eigenvalue weighted by Crippen LogP contribution is 2.34. The molecule has 0 nitrogen and oxygen atoms in total.